The first-order valence-electron chi connectivity index (χ1n) is 5.13. The van der Waals surface area contributed by atoms with Crippen molar-refractivity contribution in [1.82, 2.24) is 4.57 Å². The quantitative estimate of drug-likeness (QED) is 0.709. The van der Waals surface area contributed by atoms with E-state index in [-0.39, 0.29) is 0 Å². The summed E-state index contributed by atoms with van der Waals surface area (Å²) in [5.41, 5.74) is 0.375. The van der Waals surface area contributed by atoms with Crippen molar-refractivity contribution < 1.29 is 9.90 Å². The number of carbonyl (C=O) groups is 1. The van der Waals surface area contributed by atoms with Crippen molar-refractivity contribution in [1.29, 1.82) is 0 Å². The molecule has 0 aliphatic heterocycles. The van der Waals surface area contributed by atoms with Crippen LogP contribution < -0.4 is 0 Å². The Morgan fingerprint density at radius 3 is 2.79 bits per heavy atom. The maximum atomic E-state index is 10.6. The summed E-state index contributed by atoms with van der Waals surface area (Å²) in [6, 6.07) is 1.64. The number of carboxylic acids is 1. The van der Waals surface area contributed by atoms with Gasteiger partial charge in [-0.15, -0.1) is 0 Å². The van der Waals surface area contributed by atoms with Gasteiger partial charge in [0.25, 0.3) is 0 Å². The number of carboxylic acid groups (broad SMARTS) is 1. The van der Waals surface area contributed by atoms with Crippen LogP contribution in [0, 0.1) is 0 Å². The summed E-state index contributed by atoms with van der Waals surface area (Å²) in [6.45, 7) is 3.10. The number of nitrogens with zero attached hydrogens (tertiary/aromatic N) is 1. The van der Waals surface area contributed by atoms with Gasteiger partial charge >= 0.3 is 5.97 Å². The second kappa shape index (κ2) is 5.47. The summed E-state index contributed by atoms with van der Waals surface area (Å²) in [6.07, 6.45) is 8.35. The average Bonchev–Trinajstić information content (AvgIpc) is 2.61. The van der Waals surface area contributed by atoms with Gasteiger partial charge in [-0.25, -0.2) is 4.79 Å². The average molecular weight is 195 g/mol. The van der Waals surface area contributed by atoms with Gasteiger partial charge in [0.15, 0.2) is 0 Å². The van der Waals surface area contributed by atoms with Gasteiger partial charge in [-0.2, -0.15) is 0 Å². The molecule has 1 heterocycles. The Bertz CT molecular complexity index is 291. The third kappa shape index (κ3) is 3.24. The summed E-state index contributed by atoms with van der Waals surface area (Å²) in [4.78, 5) is 10.6. The molecule has 1 rings (SSSR count). The van der Waals surface area contributed by atoms with E-state index in [0.717, 1.165) is 13.0 Å². The maximum absolute atomic E-state index is 10.6. The van der Waals surface area contributed by atoms with Gasteiger partial charge in [-0.05, 0) is 12.5 Å². The highest BCUT2D eigenvalue weighted by Gasteiger charge is 2.03. The highest BCUT2D eigenvalue weighted by atomic mass is 16.4. The molecule has 0 aliphatic carbocycles. The number of aromatic nitrogens is 1. The van der Waals surface area contributed by atoms with Crippen LogP contribution in [0.15, 0.2) is 18.5 Å². The van der Waals surface area contributed by atoms with Gasteiger partial charge in [-0.1, -0.05) is 26.2 Å². The fraction of sp³-hybridized carbons (Fsp3) is 0.545. The standard InChI is InChI=1S/C11H17NO2/c1-2-3-4-5-7-12-8-6-10(9-12)11(13)14/h6,8-9H,2-5,7H2,1H3,(H,13,14). The lowest BCUT2D eigenvalue weighted by molar-refractivity contribution is 0.0697. The van der Waals surface area contributed by atoms with Crippen molar-refractivity contribution >= 4 is 5.97 Å². The molecule has 0 saturated carbocycles. The van der Waals surface area contributed by atoms with Crippen LogP contribution in [0.25, 0.3) is 0 Å². The van der Waals surface area contributed by atoms with Crippen molar-refractivity contribution in [3.63, 3.8) is 0 Å². The SMILES string of the molecule is CCCCCCn1ccc(C(=O)O)c1. The van der Waals surface area contributed by atoms with Gasteiger partial charge in [0, 0.05) is 18.9 Å². The van der Waals surface area contributed by atoms with E-state index in [1.165, 1.54) is 19.3 Å². The lowest BCUT2D eigenvalue weighted by atomic mass is 10.2. The summed E-state index contributed by atoms with van der Waals surface area (Å²) in [5, 5.41) is 8.69. The molecule has 0 aromatic carbocycles. The maximum Gasteiger partial charge on any atom is 0.337 e. The molecule has 0 bridgehead atoms. The minimum Gasteiger partial charge on any atom is -0.478 e. The van der Waals surface area contributed by atoms with Crippen LogP contribution >= 0.6 is 0 Å². The van der Waals surface area contributed by atoms with Crippen molar-refractivity contribution in [2.24, 2.45) is 0 Å². The summed E-state index contributed by atoms with van der Waals surface area (Å²) >= 11 is 0. The Kier molecular flexibility index (Phi) is 4.23. The van der Waals surface area contributed by atoms with E-state index in [2.05, 4.69) is 6.92 Å². The third-order valence-electron chi connectivity index (χ3n) is 2.27. The van der Waals surface area contributed by atoms with Crippen LogP contribution in [0.1, 0.15) is 43.0 Å². The van der Waals surface area contributed by atoms with Gasteiger partial charge in [-0.3, -0.25) is 0 Å². The van der Waals surface area contributed by atoms with Gasteiger partial charge in [0.05, 0.1) is 5.56 Å². The van der Waals surface area contributed by atoms with Crippen molar-refractivity contribution in [3.8, 4) is 0 Å². The van der Waals surface area contributed by atoms with Crippen molar-refractivity contribution in [2.45, 2.75) is 39.2 Å². The number of aromatic carboxylic acids is 1. The van der Waals surface area contributed by atoms with E-state index in [4.69, 9.17) is 5.11 Å². The second-order valence-corrected chi connectivity index (χ2v) is 3.50. The number of aryl methyl sites for hydroxylation is 1. The molecular weight excluding hydrogens is 178 g/mol. The Morgan fingerprint density at radius 1 is 1.43 bits per heavy atom. The molecule has 1 aromatic heterocycles. The van der Waals surface area contributed by atoms with Crippen LogP contribution in [0.4, 0.5) is 0 Å². The zero-order valence-corrected chi connectivity index (χ0v) is 8.57. The third-order valence-corrected chi connectivity index (χ3v) is 2.27. The minimum absolute atomic E-state index is 0.375. The lowest BCUT2D eigenvalue weighted by Gasteiger charge is -2.01. The van der Waals surface area contributed by atoms with E-state index in [0.29, 0.717) is 5.56 Å². The summed E-state index contributed by atoms with van der Waals surface area (Å²) in [7, 11) is 0. The van der Waals surface area contributed by atoms with E-state index in [9.17, 15) is 4.79 Å². The predicted molar refractivity (Wildman–Crippen MR) is 55.5 cm³/mol. The van der Waals surface area contributed by atoms with Crippen LogP contribution in [0.5, 0.6) is 0 Å². The highest BCUT2D eigenvalue weighted by molar-refractivity contribution is 5.87. The van der Waals surface area contributed by atoms with Crippen molar-refractivity contribution in [3.05, 3.63) is 24.0 Å². The van der Waals surface area contributed by atoms with E-state index >= 15 is 0 Å². The first kappa shape index (κ1) is 10.8. The molecule has 0 spiro atoms. The Balaban J connectivity index is 2.33. The molecule has 0 radical (unpaired) electrons. The number of rotatable bonds is 6. The first-order valence-corrected chi connectivity index (χ1v) is 5.13. The zero-order valence-electron chi connectivity index (χ0n) is 8.57. The minimum atomic E-state index is -0.850. The number of hydrogen-bond donors (Lipinski definition) is 1. The molecule has 78 valence electrons. The van der Waals surface area contributed by atoms with Crippen LogP contribution in [0.2, 0.25) is 0 Å². The number of unbranched alkanes of at least 4 members (excludes halogenated alkanes) is 3. The van der Waals surface area contributed by atoms with E-state index in [1.807, 2.05) is 10.8 Å². The lowest BCUT2D eigenvalue weighted by Crippen LogP contribution is -1.96. The molecular formula is C11H17NO2. The molecule has 0 saturated heterocycles. The molecule has 3 nitrogen and oxygen atoms in total. The van der Waals surface area contributed by atoms with Crippen molar-refractivity contribution in [2.75, 3.05) is 0 Å². The Labute approximate surface area is 84.4 Å². The van der Waals surface area contributed by atoms with Crippen LogP contribution in [-0.2, 0) is 6.54 Å². The first-order chi connectivity index (χ1) is 6.74. The molecule has 1 aromatic rings. The summed E-state index contributed by atoms with van der Waals surface area (Å²) < 4.78 is 1.94. The smallest absolute Gasteiger partial charge is 0.337 e. The molecule has 1 N–H and O–H groups in total. The molecule has 14 heavy (non-hydrogen) atoms. The molecule has 0 atom stereocenters. The summed E-state index contributed by atoms with van der Waals surface area (Å²) in [5.74, 6) is -0.850. The number of hydrogen-bond acceptors (Lipinski definition) is 1. The Morgan fingerprint density at radius 2 is 2.21 bits per heavy atom. The second-order valence-electron chi connectivity index (χ2n) is 3.50. The van der Waals surface area contributed by atoms with Gasteiger partial charge in [0.1, 0.15) is 0 Å². The molecule has 0 amide bonds. The largest absolute Gasteiger partial charge is 0.478 e. The van der Waals surface area contributed by atoms with Gasteiger partial charge < -0.3 is 9.67 Å². The molecule has 3 heteroatoms. The highest BCUT2D eigenvalue weighted by Crippen LogP contribution is 2.05. The topological polar surface area (TPSA) is 42.2 Å². The molecule has 0 fully saturated rings. The monoisotopic (exact) mass is 195 g/mol. The van der Waals surface area contributed by atoms with E-state index < -0.39 is 5.97 Å². The predicted octanol–water partition coefficient (Wildman–Crippen LogP) is 2.77. The molecule has 0 aliphatic rings. The Hall–Kier alpha value is -1.25. The van der Waals surface area contributed by atoms with E-state index in [1.54, 1.807) is 12.3 Å². The molecule has 0 unspecified atom stereocenters. The zero-order chi connectivity index (χ0) is 10.4. The normalized spacial score (nSPS) is 10.4. The van der Waals surface area contributed by atoms with Crippen LogP contribution in [-0.4, -0.2) is 15.6 Å². The van der Waals surface area contributed by atoms with Gasteiger partial charge in [0.2, 0.25) is 0 Å². The fourth-order valence-electron chi connectivity index (χ4n) is 1.43. The fourth-order valence-corrected chi connectivity index (χ4v) is 1.43. The van der Waals surface area contributed by atoms with Crippen LogP contribution in [0.3, 0.4) is 0 Å².